The van der Waals surface area contributed by atoms with Crippen molar-refractivity contribution in [3.05, 3.63) is 78.9 Å². The maximum Gasteiger partial charge on any atom is 0.121 e. The van der Waals surface area contributed by atoms with Gasteiger partial charge in [-0.3, -0.25) is 14.6 Å². The van der Waals surface area contributed by atoms with Gasteiger partial charge in [-0.25, -0.2) is 0 Å². The van der Waals surface area contributed by atoms with E-state index in [-0.39, 0.29) is 0 Å². The Bertz CT molecular complexity index is 1250. The molecule has 1 aromatic carbocycles. The Morgan fingerprint density at radius 3 is 2.48 bits per heavy atom. The lowest BCUT2D eigenvalue weighted by Gasteiger charge is -2.01. The highest BCUT2D eigenvalue weighted by Crippen LogP contribution is 2.21. The molecule has 2 aromatic heterocycles. The second-order valence-electron chi connectivity index (χ2n) is 7.08. The summed E-state index contributed by atoms with van der Waals surface area (Å²) in [6, 6.07) is 11.9. The zero-order chi connectivity index (χ0) is 24.2. The molecule has 1 aliphatic rings. The molecule has 3 aromatic rings. The number of fused-ring (bicyclic) bond motifs is 1. The molecule has 168 valence electrons. The van der Waals surface area contributed by atoms with Crippen molar-refractivity contribution in [2.75, 3.05) is 12.3 Å². The van der Waals surface area contributed by atoms with E-state index in [1.807, 2.05) is 63.5 Å². The Hall–Kier alpha value is -4.44. The van der Waals surface area contributed by atoms with Crippen molar-refractivity contribution in [2.45, 2.75) is 13.8 Å². The molecular weight excluding hydrogens is 410 g/mol. The first kappa shape index (κ1) is 24.8. The molecular formula is C26H29N7. The molecule has 0 radical (unpaired) electrons. The molecule has 0 fully saturated rings. The van der Waals surface area contributed by atoms with Gasteiger partial charge in [0.15, 0.2) is 0 Å². The number of hydrazone groups is 1. The van der Waals surface area contributed by atoms with E-state index in [2.05, 4.69) is 51.1 Å². The summed E-state index contributed by atoms with van der Waals surface area (Å²) < 4.78 is 1.63. The first-order valence-electron chi connectivity index (χ1n) is 10.3. The zero-order valence-corrected chi connectivity index (χ0v) is 19.2. The van der Waals surface area contributed by atoms with Crippen molar-refractivity contribution >= 4 is 28.5 Å². The number of nitrogens with zero attached hydrogens (tertiary/aromatic N) is 5. The lowest BCUT2D eigenvalue weighted by atomic mass is 10.1. The normalized spacial score (nSPS) is 12.0. The molecule has 0 amide bonds. The van der Waals surface area contributed by atoms with Crippen molar-refractivity contribution in [3.8, 4) is 24.0 Å². The molecule has 3 N–H and O–H groups in total. The van der Waals surface area contributed by atoms with E-state index < -0.39 is 0 Å². The van der Waals surface area contributed by atoms with E-state index in [1.165, 1.54) is 0 Å². The quantitative estimate of drug-likeness (QED) is 0.572. The third-order valence-corrected chi connectivity index (χ3v) is 4.78. The van der Waals surface area contributed by atoms with Gasteiger partial charge in [-0.2, -0.15) is 10.2 Å². The predicted molar refractivity (Wildman–Crippen MR) is 139 cm³/mol. The first-order chi connectivity index (χ1) is 16.0. The largest absolute Gasteiger partial charge is 0.384 e. The molecule has 4 rings (SSSR count). The van der Waals surface area contributed by atoms with E-state index in [0.717, 1.165) is 45.4 Å². The number of anilines is 1. The number of hydrogen-bond donors (Lipinski definition) is 2. The molecule has 0 saturated carbocycles. The number of terminal acetylenes is 1. The number of allylic oxidation sites excluding steroid dienone is 2. The maximum atomic E-state index is 6.09. The molecule has 3 heterocycles. The Morgan fingerprint density at radius 1 is 1.12 bits per heavy atom. The minimum atomic E-state index is 0.530. The number of para-hydroxylation sites is 1. The van der Waals surface area contributed by atoms with Crippen LogP contribution in [-0.4, -0.2) is 32.5 Å². The van der Waals surface area contributed by atoms with Gasteiger partial charge in [-0.1, -0.05) is 30.9 Å². The number of hydrogen-bond acceptors (Lipinski definition) is 6. The number of benzene rings is 1. The Morgan fingerprint density at radius 2 is 1.85 bits per heavy atom. The van der Waals surface area contributed by atoms with Crippen LogP contribution in [0.5, 0.6) is 0 Å². The summed E-state index contributed by atoms with van der Waals surface area (Å²) in [5, 5.41) is 9.18. The van der Waals surface area contributed by atoms with Crippen LogP contribution in [0.15, 0.2) is 78.3 Å². The second kappa shape index (κ2) is 12.4. The van der Waals surface area contributed by atoms with Crippen molar-refractivity contribution in [1.82, 2.24) is 25.2 Å². The lowest BCUT2D eigenvalue weighted by molar-refractivity contribution is 0.759. The summed E-state index contributed by atoms with van der Waals surface area (Å²) in [7, 11) is 1.81. The summed E-state index contributed by atoms with van der Waals surface area (Å²) >= 11 is 0. The monoisotopic (exact) mass is 439 g/mol. The van der Waals surface area contributed by atoms with Crippen LogP contribution in [0, 0.1) is 12.8 Å². The molecule has 1 aliphatic heterocycles. The van der Waals surface area contributed by atoms with E-state index >= 15 is 0 Å². The van der Waals surface area contributed by atoms with Crippen molar-refractivity contribution < 1.29 is 0 Å². The van der Waals surface area contributed by atoms with Gasteiger partial charge < -0.3 is 11.2 Å². The van der Waals surface area contributed by atoms with Gasteiger partial charge in [0, 0.05) is 42.0 Å². The third-order valence-electron chi connectivity index (χ3n) is 4.78. The Kier molecular flexibility index (Phi) is 9.35. The number of rotatable bonds is 2. The van der Waals surface area contributed by atoms with Gasteiger partial charge in [0.05, 0.1) is 30.2 Å². The van der Waals surface area contributed by atoms with E-state index in [4.69, 9.17) is 5.73 Å². The topological polar surface area (TPSA) is 94.0 Å². The molecule has 7 nitrogen and oxygen atoms in total. The van der Waals surface area contributed by atoms with Gasteiger partial charge in [0.1, 0.15) is 5.82 Å². The standard InChI is InChI=1S/C20H21N5.C4H6N2.C2H2/c1-4-14(2)19-10-20(21)25(3)24-13-17(12-23-19)16-9-15-7-5-6-8-18(15)22-11-16;1-4-2-5-6-3-4;1-2/h4-13H,21H2,1-3H3;2,6H,1,3H2;1-2H/b14-4+,17-12?,20-10?,23-19?,24-13?;;. The number of aryl methyl sites for hydroxylation is 1. The first-order valence-corrected chi connectivity index (χ1v) is 10.3. The van der Waals surface area contributed by atoms with Crippen LogP contribution in [0.25, 0.3) is 27.6 Å². The van der Waals surface area contributed by atoms with Crippen LogP contribution in [-0.2, 0) is 7.05 Å². The lowest BCUT2D eigenvalue weighted by Crippen LogP contribution is -2.01. The molecule has 0 bridgehead atoms. The smallest absolute Gasteiger partial charge is 0.121 e. The Balaban J connectivity index is 0.000000411. The van der Waals surface area contributed by atoms with Gasteiger partial charge >= 0.3 is 0 Å². The average Bonchev–Trinajstić information content (AvgIpc) is 3.36. The predicted octanol–water partition coefficient (Wildman–Crippen LogP) is 4.54. The third kappa shape index (κ3) is 7.04. The molecule has 0 spiro atoms. The number of nitrogen functional groups attached to an aromatic ring is 1. The van der Waals surface area contributed by atoms with Gasteiger partial charge in [0.2, 0.25) is 0 Å². The van der Waals surface area contributed by atoms with Crippen LogP contribution in [0.3, 0.4) is 0 Å². The van der Waals surface area contributed by atoms with E-state index in [9.17, 15) is 0 Å². The summed E-state index contributed by atoms with van der Waals surface area (Å²) in [5.74, 6) is 0.530. The van der Waals surface area contributed by atoms with Crippen LogP contribution in [0.2, 0.25) is 0 Å². The summed E-state index contributed by atoms with van der Waals surface area (Å²) in [6.07, 6.45) is 17.1. The van der Waals surface area contributed by atoms with E-state index in [0.29, 0.717) is 5.82 Å². The molecule has 0 atom stereocenters. The van der Waals surface area contributed by atoms with Crippen molar-refractivity contribution in [1.29, 1.82) is 0 Å². The molecule has 33 heavy (non-hydrogen) atoms. The highest BCUT2D eigenvalue weighted by Gasteiger charge is 2.02. The summed E-state index contributed by atoms with van der Waals surface area (Å²) in [4.78, 5) is 9.15. The van der Waals surface area contributed by atoms with Gasteiger partial charge in [-0.05, 0) is 37.1 Å². The fourth-order valence-corrected chi connectivity index (χ4v) is 2.73. The number of nitrogens with two attached hydrogens (primary N) is 1. The number of aromatic nitrogens is 4. The molecule has 0 aliphatic carbocycles. The van der Waals surface area contributed by atoms with Crippen LogP contribution < -0.4 is 11.2 Å². The zero-order valence-electron chi connectivity index (χ0n) is 19.2. The SMILES string of the molecule is C#C.C/C=C(\C)c1cc(N)n(C)ncc(-c2cnc3ccccc3c2)cn1.C=C1C=NNC1. The maximum absolute atomic E-state index is 6.09. The highest BCUT2D eigenvalue weighted by atomic mass is 15.3. The van der Waals surface area contributed by atoms with Crippen LogP contribution in [0.1, 0.15) is 19.5 Å². The fraction of sp³-hybridized carbons (Fsp3) is 0.154. The van der Waals surface area contributed by atoms with Crippen LogP contribution >= 0.6 is 0 Å². The number of pyridine rings is 1. The molecule has 0 unspecified atom stereocenters. The van der Waals surface area contributed by atoms with Crippen molar-refractivity contribution in [2.24, 2.45) is 12.1 Å². The summed E-state index contributed by atoms with van der Waals surface area (Å²) in [6.45, 7) is 8.45. The molecule has 0 saturated heterocycles. The Labute approximate surface area is 195 Å². The number of nitrogens with one attached hydrogen (secondary N) is 1. The van der Waals surface area contributed by atoms with E-state index in [1.54, 1.807) is 23.3 Å². The minimum absolute atomic E-state index is 0.530. The van der Waals surface area contributed by atoms with Gasteiger partial charge in [0.25, 0.3) is 0 Å². The highest BCUT2D eigenvalue weighted by molar-refractivity contribution is 5.83. The summed E-state index contributed by atoms with van der Waals surface area (Å²) in [5.41, 5.74) is 14.5. The van der Waals surface area contributed by atoms with Crippen molar-refractivity contribution in [3.63, 3.8) is 0 Å². The van der Waals surface area contributed by atoms with Gasteiger partial charge in [-0.15, -0.1) is 12.8 Å². The average molecular weight is 440 g/mol. The minimum Gasteiger partial charge on any atom is -0.384 e. The molecule has 7 heteroatoms. The second-order valence-corrected chi connectivity index (χ2v) is 7.08. The fourth-order valence-electron chi connectivity index (χ4n) is 2.73. The van der Waals surface area contributed by atoms with Crippen LogP contribution in [0.4, 0.5) is 5.82 Å².